The molecule has 2 aromatic rings. The van der Waals surface area contributed by atoms with Crippen LogP contribution in [0.2, 0.25) is 0 Å². The van der Waals surface area contributed by atoms with E-state index in [2.05, 4.69) is 15.9 Å². The van der Waals surface area contributed by atoms with Gasteiger partial charge in [-0.1, -0.05) is 28.1 Å². The number of rotatable bonds is 3. The van der Waals surface area contributed by atoms with Gasteiger partial charge in [-0.2, -0.15) is 13.2 Å². The summed E-state index contributed by atoms with van der Waals surface area (Å²) >= 11 is 3.32. The molecule has 1 aliphatic rings. The summed E-state index contributed by atoms with van der Waals surface area (Å²) in [5.41, 5.74) is 14.1. The van der Waals surface area contributed by atoms with E-state index in [-0.39, 0.29) is 12.4 Å². The van der Waals surface area contributed by atoms with Crippen LogP contribution in [0.15, 0.2) is 46.9 Å². The number of nitrogens with zero attached hydrogens (tertiary/aromatic N) is 2. The van der Waals surface area contributed by atoms with Gasteiger partial charge in [0.1, 0.15) is 12.1 Å². The zero-order valence-corrected chi connectivity index (χ0v) is 15.1. The van der Waals surface area contributed by atoms with Gasteiger partial charge in [-0.3, -0.25) is 5.73 Å². The van der Waals surface area contributed by atoms with Gasteiger partial charge in [0.25, 0.3) is 0 Å². The summed E-state index contributed by atoms with van der Waals surface area (Å²) < 4.78 is 52.9. The van der Waals surface area contributed by atoms with E-state index >= 15 is 0 Å². The summed E-state index contributed by atoms with van der Waals surface area (Å²) in [4.78, 5) is 2.63. The number of anilines is 1. The van der Waals surface area contributed by atoms with Gasteiger partial charge in [-0.05, 0) is 35.9 Å². The lowest BCUT2D eigenvalue weighted by molar-refractivity contribution is -0.158. The first-order valence-corrected chi connectivity index (χ1v) is 8.59. The van der Waals surface area contributed by atoms with Crippen LogP contribution in [0.3, 0.4) is 0 Å². The molecule has 2 atom stereocenters. The van der Waals surface area contributed by atoms with Gasteiger partial charge in [0.2, 0.25) is 0 Å². The minimum atomic E-state index is -4.44. The van der Waals surface area contributed by atoms with Crippen molar-refractivity contribution in [1.82, 2.24) is 4.90 Å². The average molecular weight is 433 g/mol. The highest BCUT2D eigenvalue weighted by Crippen LogP contribution is 2.38. The van der Waals surface area contributed by atoms with E-state index in [9.17, 15) is 17.6 Å². The fourth-order valence-corrected chi connectivity index (χ4v) is 3.43. The molecule has 2 unspecified atom stereocenters. The van der Waals surface area contributed by atoms with Crippen molar-refractivity contribution < 1.29 is 17.6 Å². The van der Waals surface area contributed by atoms with E-state index in [4.69, 9.17) is 11.5 Å². The maximum absolute atomic E-state index is 13.1. The Kier molecular flexibility index (Phi) is 5.25. The minimum absolute atomic E-state index is 0.219. The molecule has 0 amide bonds. The van der Waals surface area contributed by atoms with Gasteiger partial charge in [-0.25, -0.2) is 9.29 Å². The highest BCUT2D eigenvalue weighted by molar-refractivity contribution is 9.10. The molecule has 9 heteroatoms. The maximum Gasteiger partial charge on any atom is 0.401 e. The predicted octanol–water partition coefficient (Wildman–Crippen LogP) is 3.67. The lowest BCUT2D eigenvalue weighted by atomic mass is 10.0. The van der Waals surface area contributed by atoms with Gasteiger partial charge in [-0.15, -0.1) is 0 Å². The van der Waals surface area contributed by atoms with Crippen LogP contribution in [0.1, 0.15) is 17.3 Å². The number of fused-ring (bicyclic) bond motifs is 1. The largest absolute Gasteiger partial charge is 0.401 e. The SMILES string of the molecule is NC1c2cc(Br)ccc2N(Cc2ccc(F)cc2)C(N)N1CC(F)(F)F. The molecule has 1 aliphatic heterocycles. The minimum Gasteiger partial charge on any atom is -0.339 e. The second kappa shape index (κ2) is 7.15. The van der Waals surface area contributed by atoms with Crippen molar-refractivity contribution in [3.8, 4) is 0 Å². The number of hydrogen-bond donors (Lipinski definition) is 2. The Labute approximate surface area is 156 Å². The van der Waals surface area contributed by atoms with Crippen LogP contribution >= 0.6 is 15.9 Å². The van der Waals surface area contributed by atoms with Crippen LogP contribution in [-0.4, -0.2) is 23.9 Å². The Hall–Kier alpha value is -1.68. The smallest absolute Gasteiger partial charge is 0.339 e. The maximum atomic E-state index is 13.1. The van der Waals surface area contributed by atoms with Crippen LogP contribution in [0, 0.1) is 5.82 Å². The Balaban J connectivity index is 2.00. The lowest BCUT2D eigenvalue weighted by Gasteiger charge is -2.47. The molecule has 0 saturated heterocycles. The van der Waals surface area contributed by atoms with E-state index in [1.54, 1.807) is 35.2 Å². The topological polar surface area (TPSA) is 58.5 Å². The molecule has 0 aliphatic carbocycles. The fourth-order valence-electron chi connectivity index (χ4n) is 3.05. The van der Waals surface area contributed by atoms with Crippen molar-refractivity contribution in [3.05, 3.63) is 63.9 Å². The summed E-state index contributed by atoms with van der Waals surface area (Å²) in [5, 5.41) is 0. The van der Waals surface area contributed by atoms with Crippen LogP contribution < -0.4 is 16.4 Å². The van der Waals surface area contributed by atoms with Gasteiger partial charge < -0.3 is 10.6 Å². The Morgan fingerprint density at radius 3 is 2.31 bits per heavy atom. The highest BCUT2D eigenvalue weighted by Gasteiger charge is 2.41. The summed E-state index contributed by atoms with van der Waals surface area (Å²) in [6.45, 7) is -1.02. The molecule has 0 aromatic heterocycles. The van der Waals surface area contributed by atoms with Crippen molar-refractivity contribution >= 4 is 21.6 Å². The first kappa shape index (κ1) is 19.1. The summed E-state index contributed by atoms with van der Waals surface area (Å²) in [5.74, 6) is -0.387. The summed E-state index contributed by atoms with van der Waals surface area (Å²) in [7, 11) is 0. The fraction of sp³-hybridized carbons (Fsp3) is 0.294. The molecule has 0 bridgehead atoms. The molecule has 140 valence electrons. The zero-order chi connectivity index (χ0) is 19.1. The Morgan fingerprint density at radius 2 is 1.69 bits per heavy atom. The van der Waals surface area contributed by atoms with E-state index < -0.39 is 25.2 Å². The van der Waals surface area contributed by atoms with Crippen molar-refractivity contribution in [1.29, 1.82) is 0 Å². The molecule has 0 saturated carbocycles. The standard InChI is InChI=1S/C17H17BrF4N4/c18-11-3-6-14-13(7-11)15(23)26(9-17(20,21)22)16(24)25(14)8-10-1-4-12(19)5-2-10/h1-7,15-16H,8-9,23-24H2. The van der Waals surface area contributed by atoms with Gasteiger partial charge in [0.05, 0.1) is 12.7 Å². The normalized spacial score (nSPS) is 21.0. The number of halogens is 5. The zero-order valence-electron chi connectivity index (χ0n) is 13.5. The van der Waals surface area contributed by atoms with Crippen molar-refractivity contribution in [3.63, 3.8) is 0 Å². The van der Waals surface area contributed by atoms with Gasteiger partial charge in [0.15, 0.2) is 0 Å². The van der Waals surface area contributed by atoms with Crippen molar-refractivity contribution in [2.45, 2.75) is 25.2 Å². The Bertz CT molecular complexity index is 781. The van der Waals surface area contributed by atoms with E-state index in [0.29, 0.717) is 15.7 Å². The first-order chi connectivity index (χ1) is 12.2. The summed E-state index contributed by atoms with van der Waals surface area (Å²) in [6.07, 6.45) is -6.52. The van der Waals surface area contributed by atoms with E-state index in [0.717, 1.165) is 10.5 Å². The monoisotopic (exact) mass is 432 g/mol. The van der Waals surface area contributed by atoms with Crippen LogP contribution in [0.4, 0.5) is 23.2 Å². The number of benzene rings is 2. The Morgan fingerprint density at radius 1 is 1.04 bits per heavy atom. The van der Waals surface area contributed by atoms with Crippen LogP contribution in [-0.2, 0) is 6.54 Å². The highest BCUT2D eigenvalue weighted by atomic mass is 79.9. The number of alkyl halides is 3. The van der Waals surface area contributed by atoms with Crippen molar-refractivity contribution in [2.24, 2.45) is 11.5 Å². The van der Waals surface area contributed by atoms with Crippen LogP contribution in [0.5, 0.6) is 0 Å². The average Bonchev–Trinajstić information content (AvgIpc) is 2.56. The molecule has 3 rings (SSSR count). The van der Waals surface area contributed by atoms with Gasteiger partial charge in [0, 0.05) is 22.3 Å². The van der Waals surface area contributed by atoms with Crippen LogP contribution in [0.25, 0.3) is 0 Å². The molecule has 0 fully saturated rings. The number of hydrogen-bond acceptors (Lipinski definition) is 4. The third kappa shape index (κ3) is 4.01. The first-order valence-electron chi connectivity index (χ1n) is 7.80. The molecular formula is C17H17BrF4N4. The molecule has 0 spiro atoms. The molecular weight excluding hydrogens is 416 g/mol. The second-order valence-electron chi connectivity index (χ2n) is 6.10. The molecule has 2 aromatic carbocycles. The summed E-state index contributed by atoms with van der Waals surface area (Å²) in [6, 6.07) is 11.0. The predicted molar refractivity (Wildman–Crippen MR) is 94.4 cm³/mol. The molecule has 4 nitrogen and oxygen atoms in total. The molecule has 0 radical (unpaired) electrons. The van der Waals surface area contributed by atoms with Crippen molar-refractivity contribution in [2.75, 3.05) is 11.4 Å². The van der Waals surface area contributed by atoms with E-state index in [1.165, 1.54) is 12.1 Å². The third-order valence-electron chi connectivity index (χ3n) is 4.26. The lowest BCUT2D eigenvalue weighted by Crippen LogP contribution is -2.62. The quantitative estimate of drug-likeness (QED) is 0.726. The molecule has 4 N–H and O–H groups in total. The van der Waals surface area contributed by atoms with E-state index in [1.807, 2.05) is 0 Å². The molecule has 26 heavy (non-hydrogen) atoms. The molecule has 1 heterocycles. The number of nitrogens with two attached hydrogens (primary N) is 2. The second-order valence-corrected chi connectivity index (χ2v) is 7.02. The third-order valence-corrected chi connectivity index (χ3v) is 4.76. The van der Waals surface area contributed by atoms with Gasteiger partial charge >= 0.3 is 6.18 Å².